The highest BCUT2D eigenvalue weighted by Crippen LogP contribution is 2.35. The maximum atomic E-state index is 12.6. The van der Waals surface area contributed by atoms with Crippen LogP contribution in [0.3, 0.4) is 0 Å². The largest absolute Gasteiger partial charge is 0.493 e. The van der Waals surface area contributed by atoms with Crippen molar-refractivity contribution in [1.29, 1.82) is 0 Å². The number of likely N-dealkylation sites (N-methyl/N-ethyl adjacent to an activating group) is 1. The van der Waals surface area contributed by atoms with E-state index in [0.29, 0.717) is 23.8 Å². The van der Waals surface area contributed by atoms with Crippen molar-refractivity contribution in [2.75, 3.05) is 25.7 Å². The minimum Gasteiger partial charge on any atom is -0.493 e. The van der Waals surface area contributed by atoms with Crippen LogP contribution in [0.5, 0.6) is 11.5 Å². The number of hydrogen-bond donors (Lipinski definition) is 0. The van der Waals surface area contributed by atoms with Gasteiger partial charge in [0, 0.05) is 12.6 Å². The number of carbonyl (C=O) groups is 1. The van der Waals surface area contributed by atoms with Gasteiger partial charge in [0.05, 0.1) is 25.1 Å². The van der Waals surface area contributed by atoms with Crippen LogP contribution in [0.4, 0.5) is 5.69 Å². The Hall–Kier alpha value is -2.75. The summed E-state index contributed by atoms with van der Waals surface area (Å²) in [6.07, 6.45) is 1.88. The zero-order valence-corrected chi connectivity index (χ0v) is 13.5. The molecule has 0 radical (unpaired) electrons. The Balaban J connectivity index is 1.98. The quantitative estimate of drug-likeness (QED) is 0.806. The average molecular weight is 309 g/mol. The standard InChI is InChI=1S/C19H19NO3/c1-4-23-17-10-9-13(12-18(17)22-3)11-16-19(21)14-7-5-6-8-15(14)20(16)2/h5-12H,4H2,1-3H3/b16-11-. The van der Waals surface area contributed by atoms with E-state index in [-0.39, 0.29) is 5.78 Å². The van der Waals surface area contributed by atoms with Crippen LogP contribution < -0.4 is 14.4 Å². The maximum Gasteiger partial charge on any atom is 0.211 e. The molecule has 0 saturated heterocycles. The Morgan fingerprint density at radius 1 is 1.13 bits per heavy atom. The fraction of sp³-hybridized carbons (Fsp3) is 0.211. The molecule has 1 aliphatic rings. The summed E-state index contributed by atoms with van der Waals surface area (Å²) in [5.74, 6) is 1.40. The van der Waals surface area contributed by atoms with E-state index >= 15 is 0 Å². The number of anilines is 1. The summed E-state index contributed by atoms with van der Waals surface area (Å²) in [6, 6.07) is 13.3. The molecular formula is C19H19NO3. The van der Waals surface area contributed by atoms with Crippen molar-refractivity contribution in [1.82, 2.24) is 0 Å². The maximum absolute atomic E-state index is 12.6. The third-order valence-electron chi connectivity index (χ3n) is 3.89. The molecule has 0 saturated carbocycles. The van der Waals surface area contributed by atoms with E-state index in [4.69, 9.17) is 9.47 Å². The number of hydrogen-bond acceptors (Lipinski definition) is 4. The minimum atomic E-state index is 0.0379. The number of carbonyl (C=O) groups excluding carboxylic acids is 1. The molecule has 0 N–H and O–H groups in total. The molecular weight excluding hydrogens is 290 g/mol. The van der Waals surface area contributed by atoms with E-state index < -0.39 is 0 Å². The van der Waals surface area contributed by atoms with Gasteiger partial charge < -0.3 is 14.4 Å². The van der Waals surface area contributed by atoms with Crippen LogP contribution in [0.15, 0.2) is 48.2 Å². The molecule has 1 heterocycles. The van der Waals surface area contributed by atoms with Crippen molar-refractivity contribution >= 4 is 17.5 Å². The van der Waals surface area contributed by atoms with Crippen molar-refractivity contribution in [3.05, 3.63) is 59.3 Å². The van der Waals surface area contributed by atoms with Crippen molar-refractivity contribution in [2.45, 2.75) is 6.92 Å². The number of methoxy groups -OCH3 is 1. The second-order valence-corrected chi connectivity index (χ2v) is 5.28. The summed E-state index contributed by atoms with van der Waals surface area (Å²) in [5, 5.41) is 0. The average Bonchev–Trinajstić information content (AvgIpc) is 2.82. The van der Waals surface area contributed by atoms with E-state index in [1.165, 1.54) is 0 Å². The Kier molecular flexibility index (Phi) is 4.06. The highest BCUT2D eigenvalue weighted by molar-refractivity contribution is 6.21. The highest BCUT2D eigenvalue weighted by atomic mass is 16.5. The first kappa shape index (κ1) is 15.2. The SMILES string of the molecule is CCOc1ccc(/C=C2/C(=O)c3ccccc3N2C)cc1OC. The molecule has 4 heteroatoms. The molecule has 3 rings (SSSR count). The monoisotopic (exact) mass is 309 g/mol. The van der Waals surface area contributed by atoms with Crippen molar-refractivity contribution in [2.24, 2.45) is 0 Å². The van der Waals surface area contributed by atoms with Crippen molar-refractivity contribution < 1.29 is 14.3 Å². The van der Waals surface area contributed by atoms with Gasteiger partial charge in [0.1, 0.15) is 0 Å². The van der Waals surface area contributed by atoms with Crippen molar-refractivity contribution in [3.63, 3.8) is 0 Å². The molecule has 0 amide bonds. The number of ketones is 1. The van der Waals surface area contributed by atoms with E-state index in [1.807, 2.05) is 67.4 Å². The zero-order chi connectivity index (χ0) is 16.4. The third-order valence-corrected chi connectivity index (χ3v) is 3.89. The molecule has 0 aliphatic carbocycles. The molecule has 2 aromatic carbocycles. The van der Waals surface area contributed by atoms with Gasteiger partial charge in [-0.3, -0.25) is 4.79 Å². The molecule has 0 unspecified atom stereocenters. The summed E-state index contributed by atoms with van der Waals surface area (Å²) in [7, 11) is 3.51. The minimum absolute atomic E-state index is 0.0379. The number of ether oxygens (including phenoxy) is 2. The second-order valence-electron chi connectivity index (χ2n) is 5.28. The molecule has 118 valence electrons. The lowest BCUT2D eigenvalue weighted by Gasteiger charge is -2.14. The first-order valence-corrected chi connectivity index (χ1v) is 7.55. The second kappa shape index (κ2) is 6.16. The zero-order valence-electron chi connectivity index (χ0n) is 13.5. The molecule has 0 aromatic heterocycles. The molecule has 0 atom stereocenters. The molecule has 4 nitrogen and oxygen atoms in total. The number of Topliss-reactive ketones (excluding diaryl/α,β-unsaturated/α-hetero) is 1. The molecule has 23 heavy (non-hydrogen) atoms. The van der Waals surface area contributed by atoms with Crippen LogP contribution in [0.1, 0.15) is 22.8 Å². The van der Waals surface area contributed by atoms with Crippen molar-refractivity contribution in [3.8, 4) is 11.5 Å². The van der Waals surface area contributed by atoms with E-state index in [1.54, 1.807) is 7.11 Å². The lowest BCUT2D eigenvalue weighted by molar-refractivity contribution is 0.104. The van der Waals surface area contributed by atoms with Gasteiger partial charge in [-0.05, 0) is 42.8 Å². The molecule has 0 spiro atoms. The summed E-state index contributed by atoms with van der Waals surface area (Å²) in [5.41, 5.74) is 3.21. The van der Waals surface area contributed by atoms with E-state index in [0.717, 1.165) is 16.8 Å². The highest BCUT2D eigenvalue weighted by Gasteiger charge is 2.29. The smallest absolute Gasteiger partial charge is 0.211 e. The van der Waals surface area contributed by atoms with Crippen LogP contribution >= 0.6 is 0 Å². The number of fused-ring (bicyclic) bond motifs is 1. The van der Waals surface area contributed by atoms with Gasteiger partial charge in [0.25, 0.3) is 0 Å². The predicted octanol–water partition coefficient (Wildman–Crippen LogP) is 3.77. The number of allylic oxidation sites excluding steroid dienone is 1. The van der Waals surface area contributed by atoms with Gasteiger partial charge in [-0.15, -0.1) is 0 Å². The summed E-state index contributed by atoms with van der Waals surface area (Å²) < 4.78 is 10.9. The molecule has 0 bridgehead atoms. The summed E-state index contributed by atoms with van der Waals surface area (Å²) >= 11 is 0. The summed E-state index contributed by atoms with van der Waals surface area (Å²) in [4.78, 5) is 14.5. The Labute approximate surface area is 135 Å². The lowest BCUT2D eigenvalue weighted by Crippen LogP contribution is -2.13. The summed E-state index contributed by atoms with van der Waals surface area (Å²) in [6.45, 7) is 2.51. The van der Waals surface area contributed by atoms with Crippen LogP contribution in [0.25, 0.3) is 6.08 Å². The first-order chi connectivity index (χ1) is 11.2. The van der Waals surface area contributed by atoms with Gasteiger partial charge >= 0.3 is 0 Å². The normalized spacial score (nSPS) is 15.0. The number of nitrogens with zero attached hydrogens (tertiary/aromatic N) is 1. The number of benzene rings is 2. The van der Waals surface area contributed by atoms with Crippen LogP contribution in [0.2, 0.25) is 0 Å². The van der Waals surface area contributed by atoms with Crippen LogP contribution in [-0.4, -0.2) is 26.5 Å². The molecule has 1 aliphatic heterocycles. The van der Waals surface area contributed by atoms with Gasteiger partial charge in [-0.1, -0.05) is 18.2 Å². The molecule has 0 fully saturated rings. The first-order valence-electron chi connectivity index (χ1n) is 7.55. The fourth-order valence-corrected chi connectivity index (χ4v) is 2.75. The predicted molar refractivity (Wildman–Crippen MR) is 91.3 cm³/mol. The van der Waals surface area contributed by atoms with Gasteiger partial charge in [0.2, 0.25) is 5.78 Å². The van der Waals surface area contributed by atoms with Gasteiger partial charge in [0.15, 0.2) is 11.5 Å². The number of rotatable bonds is 4. The Morgan fingerprint density at radius 2 is 1.91 bits per heavy atom. The van der Waals surface area contributed by atoms with Gasteiger partial charge in [-0.2, -0.15) is 0 Å². The fourth-order valence-electron chi connectivity index (χ4n) is 2.75. The number of para-hydroxylation sites is 1. The van der Waals surface area contributed by atoms with Gasteiger partial charge in [-0.25, -0.2) is 0 Å². The topological polar surface area (TPSA) is 38.8 Å². The van der Waals surface area contributed by atoms with E-state index in [9.17, 15) is 4.79 Å². The Morgan fingerprint density at radius 3 is 2.61 bits per heavy atom. The third kappa shape index (κ3) is 2.68. The van der Waals surface area contributed by atoms with E-state index in [2.05, 4.69) is 0 Å². The molecule has 2 aromatic rings. The lowest BCUT2D eigenvalue weighted by atomic mass is 10.1. The van der Waals surface area contributed by atoms with Crippen LogP contribution in [-0.2, 0) is 0 Å². The van der Waals surface area contributed by atoms with Crippen LogP contribution in [0, 0.1) is 0 Å². The Bertz CT molecular complexity index is 780.